The normalized spacial score (nSPS) is 10.7. The molecule has 0 unspecified atom stereocenters. The fourth-order valence-corrected chi connectivity index (χ4v) is 3.57. The molecular weight excluding hydrogens is 386 g/mol. The number of fused-ring (bicyclic) bond motifs is 1. The quantitative estimate of drug-likeness (QED) is 0.480. The Morgan fingerprint density at radius 2 is 1.90 bits per heavy atom. The average molecular weight is 402 g/mol. The largest absolute Gasteiger partial charge is 0.465 e. The van der Waals surface area contributed by atoms with E-state index in [0.29, 0.717) is 28.6 Å². The highest BCUT2D eigenvalue weighted by Crippen LogP contribution is 2.27. The predicted molar refractivity (Wildman–Crippen MR) is 112 cm³/mol. The van der Waals surface area contributed by atoms with Gasteiger partial charge in [0.2, 0.25) is 5.28 Å². The number of aromatic nitrogens is 2. The smallest absolute Gasteiger partial charge is 0.340 e. The number of aromatic amines is 1. The Hall–Kier alpha value is -3.62. The number of nitrogens with zero attached hydrogens (tertiary/aromatic N) is 2. The second-order valence-electron chi connectivity index (χ2n) is 6.55. The van der Waals surface area contributed by atoms with Crippen LogP contribution in [0, 0.1) is 11.3 Å². The van der Waals surface area contributed by atoms with Crippen LogP contribution in [0.5, 0.6) is 0 Å². The molecule has 29 heavy (non-hydrogen) atoms. The third-order valence-corrected chi connectivity index (χ3v) is 4.99. The van der Waals surface area contributed by atoms with Gasteiger partial charge in [-0.3, -0.25) is 0 Å². The third-order valence-electron chi connectivity index (χ3n) is 4.81. The maximum atomic E-state index is 12.0. The number of H-pyrrole nitrogens is 1. The lowest BCUT2D eigenvalue weighted by molar-refractivity contribution is 0.0603. The van der Waals surface area contributed by atoms with Crippen LogP contribution >= 0.6 is 11.6 Å². The summed E-state index contributed by atoms with van der Waals surface area (Å²) in [6.45, 7) is 0. The summed E-state index contributed by atoms with van der Waals surface area (Å²) in [6, 6.07) is 21.4. The van der Waals surface area contributed by atoms with Gasteiger partial charge >= 0.3 is 5.97 Å². The summed E-state index contributed by atoms with van der Waals surface area (Å²) in [5.74, 6) is -0.442. The number of imidazole rings is 1. The first-order chi connectivity index (χ1) is 14.1. The van der Waals surface area contributed by atoms with E-state index in [1.807, 2.05) is 54.6 Å². The summed E-state index contributed by atoms with van der Waals surface area (Å²) in [6.07, 6.45) is 0.624. The lowest BCUT2D eigenvalue weighted by atomic mass is 9.97. The van der Waals surface area contributed by atoms with Crippen LogP contribution in [0.4, 0.5) is 0 Å². The van der Waals surface area contributed by atoms with Crippen molar-refractivity contribution < 1.29 is 9.53 Å². The van der Waals surface area contributed by atoms with Gasteiger partial charge in [0, 0.05) is 0 Å². The van der Waals surface area contributed by atoms with Crippen molar-refractivity contribution in [3.63, 3.8) is 0 Å². The Labute approximate surface area is 172 Å². The van der Waals surface area contributed by atoms with Crippen LogP contribution in [-0.4, -0.2) is 23.0 Å². The lowest BCUT2D eigenvalue weighted by Crippen LogP contribution is -2.03. The zero-order valence-corrected chi connectivity index (χ0v) is 16.3. The van der Waals surface area contributed by atoms with Gasteiger partial charge in [-0.05, 0) is 52.4 Å². The second kappa shape index (κ2) is 7.78. The Morgan fingerprint density at radius 3 is 2.62 bits per heavy atom. The summed E-state index contributed by atoms with van der Waals surface area (Å²) in [4.78, 5) is 19.3. The van der Waals surface area contributed by atoms with E-state index in [4.69, 9.17) is 16.3 Å². The van der Waals surface area contributed by atoms with Crippen molar-refractivity contribution in [2.24, 2.45) is 0 Å². The molecule has 0 radical (unpaired) electrons. The summed E-state index contributed by atoms with van der Waals surface area (Å²) < 4.78 is 4.83. The van der Waals surface area contributed by atoms with Crippen LogP contribution in [0.15, 0.2) is 60.7 Å². The highest BCUT2D eigenvalue weighted by molar-refractivity contribution is 6.29. The number of methoxy groups -OCH3 is 1. The van der Waals surface area contributed by atoms with Crippen LogP contribution in [0.3, 0.4) is 0 Å². The number of nitriles is 1. The molecule has 5 nitrogen and oxygen atoms in total. The molecule has 6 heteroatoms. The van der Waals surface area contributed by atoms with Crippen molar-refractivity contribution >= 4 is 28.6 Å². The summed E-state index contributed by atoms with van der Waals surface area (Å²) in [5, 5.41) is 9.53. The zero-order valence-electron chi connectivity index (χ0n) is 15.6. The van der Waals surface area contributed by atoms with Gasteiger partial charge in [-0.2, -0.15) is 5.26 Å². The lowest BCUT2D eigenvalue weighted by Gasteiger charge is -2.08. The molecule has 0 aliphatic rings. The minimum absolute atomic E-state index is 0.223. The van der Waals surface area contributed by atoms with Crippen LogP contribution in [-0.2, 0) is 11.2 Å². The molecule has 0 atom stereocenters. The van der Waals surface area contributed by atoms with Crippen molar-refractivity contribution in [1.82, 2.24) is 9.97 Å². The number of carbonyl (C=O) groups is 1. The van der Waals surface area contributed by atoms with Crippen LogP contribution in [0.1, 0.15) is 27.0 Å². The van der Waals surface area contributed by atoms with E-state index in [1.54, 1.807) is 6.07 Å². The number of esters is 1. The molecule has 0 fully saturated rings. The molecule has 0 saturated carbocycles. The standard InChI is InChI=1S/C23H16ClN3O2/c1-29-22(28)19-11-10-16(20-21(19)27-23(24)26-20)12-14-6-8-15(9-7-14)18-5-3-2-4-17(18)13-25/h2-11H,12H2,1H3,(H,26,27). The number of benzene rings is 3. The summed E-state index contributed by atoms with van der Waals surface area (Å²) in [7, 11) is 1.34. The first-order valence-corrected chi connectivity index (χ1v) is 9.32. The maximum Gasteiger partial charge on any atom is 0.340 e. The van der Waals surface area contributed by atoms with Gasteiger partial charge in [0.05, 0.1) is 35.3 Å². The molecule has 0 spiro atoms. The van der Waals surface area contributed by atoms with Gasteiger partial charge < -0.3 is 9.72 Å². The summed E-state index contributed by atoms with van der Waals surface area (Å²) in [5.41, 5.74) is 6.18. The van der Waals surface area contributed by atoms with E-state index in [2.05, 4.69) is 16.0 Å². The molecular formula is C23H16ClN3O2. The Balaban J connectivity index is 1.67. The number of carbonyl (C=O) groups excluding carboxylic acids is 1. The molecule has 142 valence electrons. The van der Waals surface area contributed by atoms with Crippen molar-refractivity contribution in [3.05, 3.63) is 88.2 Å². The predicted octanol–water partition coefficient (Wildman–Crippen LogP) is 5.13. The molecule has 1 heterocycles. The maximum absolute atomic E-state index is 12.0. The van der Waals surface area contributed by atoms with Gasteiger partial charge in [0.1, 0.15) is 0 Å². The van der Waals surface area contributed by atoms with Gasteiger partial charge in [0.25, 0.3) is 0 Å². The van der Waals surface area contributed by atoms with Gasteiger partial charge in [0.15, 0.2) is 0 Å². The first-order valence-electron chi connectivity index (χ1n) is 8.94. The monoisotopic (exact) mass is 401 g/mol. The van der Waals surface area contributed by atoms with E-state index < -0.39 is 5.97 Å². The number of ether oxygens (including phenoxy) is 1. The van der Waals surface area contributed by atoms with E-state index in [1.165, 1.54) is 7.11 Å². The molecule has 0 saturated heterocycles. The van der Waals surface area contributed by atoms with Crippen molar-refractivity contribution in [2.45, 2.75) is 6.42 Å². The van der Waals surface area contributed by atoms with Crippen LogP contribution < -0.4 is 0 Å². The fraction of sp³-hybridized carbons (Fsp3) is 0.0870. The number of nitrogens with one attached hydrogen (secondary N) is 1. The topological polar surface area (TPSA) is 78.8 Å². The Morgan fingerprint density at radius 1 is 1.14 bits per heavy atom. The highest BCUT2D eigenvalue weighted by Gasteiger charge is 2.17. The molecule has 0 aliphatic heterocycles. The number of hydrogen-bond acceptors (Lipinski definition) is 4. The average Bonchev–Trinajstić information content (AvgIpc) is 3.15. The van der Waals surface area contributed by atoms with Crippen LogP contribution in [0.25, 0.3) is 22.2 Å². The molecule has 4 rings (SSSR count). The van der Waals surface area contributed by atoms with Crippen LogP contribution in [0.2, 0.25) is 5.28 Å². The SMILES string of the molecule is COC(=O)c1ccc(Cc2ccc(-c3ccccc3C#N)cc2)c2nc(Cl)[nH]c12. The zero-order chi connectivity index (χ0) is 20.4. The molecule has 0 bridgehead atoms. The van der Waals surface area contributed by atoms with Crippen molar-refractivity contribution in [2.75, 3.05) is 7.11 Å². The molecule has 1 N–H and O–H groups in total. The van der Waals surface area contributed by atoms with Crippen molar-refractivity contribution in [1.29, 1.82) is 5.26 Å². The number of rotatable bonds is 4. The fourth-order valence-electron chi connectivity index (χ4n) is 3.39. The molecule has 1 aromatic heterocycles. The Bertz CT molecular complexity index is 1250. The molecule has 0 aliphatic carbocycles. The second-order valence-corrected chi connectivity index (χ2v) is 6.90. The molecule has 3 aromatic carbocycles. The molecule has 0 amide bonds. The van der Waals surface area contributed by atoms with Gasteiger partial charge in [-0.15, -0.1) is 0 Å². The van der Waals surface area contributed by atoms with E-state index >= 15 is 0 Å². The van der Waals surface area contributed by atoms with E-state index in [9.17, 15) is 10.1 Å². The minimum Gasteiger partial charge on any atom is -0.465 e. The van der Waals surface area contributed by atoms with E-state index in [-0.39, 0.29) is 5.28 Å². The number of halogens is 1. The Kier molecular flexibility index (Phi) is 5.03. The number of hydrogen-bond donors (Lipinski definition) is 1. The highest BCUT2D eigenvalue weighted by atomic mass is 35.5. The third kappa shape index (κ3) is 3.58. The van der Waals surface area contributed by atoms with Gasteiger partial charge in [-0.25, -0.2) is 9.78 Å². The first kappa shape index (κ1) is 18.7. The van der Waals surface area contributed by atoms with Gasteiger partial charge in [-0.1, -0.05) is 48.5 Å². The minimum atomic E-state index is -0.442. The van der Waals surface area contributed by atoms with Crippen molar-refractivity contribution in [3.8, 4) is 17.2 Å². The molecule has 4 aromatic rings. The summed E-state index contributed by atoms with van der Waals surface area (Å²) >= 11 is 6.05. The van der Waals surface area contributed by atoms with E-state index in [0.717, 1.165) is 22.3 Å².